The van der Waals surface area contributed by atoms with Gasteiger partial charge in [0.2, 0.25) is 0 Å². The zero-order chi connectivity index (χ0) is 28.2. The summed E-state index contributed by atoms with van der Waals surface area (Å²) < 4.78 is 0. The van der Waals surface area contributed by atoms with Gasteiger partial charge in [0.25, 0.3) is 0 Å². The van der Waals surface area contributed by atoms with E-state index in [0.29, 0.717) is 0 Å². The Morgan fingerprint density at radius 2 is 0.500 bits per heavy atom. The Kier molecular flexibility index (Phi) is 8.18. The molecule has 0 aromatic heterocycles. The monoisotopic (exact) mass is 614 g/mol. The van der Waals surface area contributed by atoms with Crippen LogP contribution < -0.4 is 31.8 Å². The van der Waals surface area contributed by atoms with Gasteiger partial charge in [-0.05, 0) is 48.5 Å². The second-order valence-electron chi connectivity index (χ2n) is 10.6. The molecular weight excluding hydrogens is 580 g/mol. The van der Waals surface area contributed by atoms with Crippen LogP contribution in [-0.4, -0.2) is 12.3 Å². The lowest BCUT2D eigenvalue weighted by Gasteiger charge is -2.47. The van der Waals surface area contributed by atoms with Crippen LogP contribution in [0.3, 0.4) is 0 Å². The third-order valence-corrected chi connectivity index (χ3v) is 39.8. The summed E-state index contributed by atoms with van der Waals surface area (Å²) in [5.74, 6) is 0. The molecule has 204 valence electrons. The van der Waals surface area contributed by atoms with Gasteiger partial charge in [-0.15, -0.1) is 0 Å². The van der Waals surface area contributed by atoms with Gasteiger partial charge in [-0.3, -0.25) is 0 Å². The summed E-state index contributed by atoms with van der Waals surface area (Å²) in [7, 11) is -1.23. The highest BCUT2D eigenvalue weighted by atomic mass is 32.7. The molecule has 2 unspecified atom stereocenters. The average Bonchev–Trinajstić information content (AvgIpc) is 3.10. The van der Waals surface area contributed by atoms with Gasteiger partial charge in [0.1, 0.15) is 47.4 Å². The van der Waals surface area contributed by atoms with Gasteiger partial charge in [-0.2, -0.15) is 0 Å². The van der Waals surface area contributed by atoms with Crippen molar-refractivity contribution in [3.05, 3.63) is 182 Å². The van der Waals surface area contributed by atoms with Crippen molar-refractivity contribution >= 4 is 60.3 Å². The van der Waals surface area contributed by atoms with Crippen molar-refractivity contribution in [2.45, 2.75) is 0 Å². The summed E-state index contributed by atoms with van der Waals surface area (Å²) in [6, 6.07) is 69.9. The van der Waals surface area contributed by atoms with Crippen LogP contribution in [-0.2, 0) is 0 Å². The molecule has 7 rings (SSSR count). The number of benzene rings is 6. The molecule has 0 bridgehead atoms. The normalized spacial score (nSPS) is 19.1. The third-order valence-electron chi connectivity index (χ3n) is 8.28. The molecular formula is C38H34P4+2. The Morgan fingerprint density at radius 1 is 0.286 bits per heavy atom. The van der Waals surface area contributed by atoms with E-state index in [1.54, 1.807) is 31.8 Å². The predicted molar refractivity (Wildman–Crippen MR) is 194 cm³/mol. The van der Waals surface area contributed by atoms with Crippen molar-refractivity contribution < 1.29 is 0 Å². The fourth-order valence-electron chi connectivity index (χ4n) is 6.45. The Labute approximate surface area is 253 Å². The van der Waals surface area contributed by atoms with E-state index < -0.39 is 28.5 Å². The summed E-state index contributed by atoms with van der Waals surface area (Å²) in [6.07, 6.45) is 2.45. The maximum Gasteiger partial charge on any atom is 0.167 e. The summed E-state index contributed by atoms with van der Waals surface area (Å²) in [5, 5.41) is 9.36. The number of hydrogen-bond acceptors (Lipinski definition) is 0. The lowest BCUT2D eigenvalue weighted by atomic mass is 10.4. The van der Waals surface area contributed by atoms with Crippen LogP contribution in [0, 0.1) is 0 Å². The molecule has 1 heterocycles. The molecule has 6 aromatic rings. The van der Waals surface area contributed by atoms with Crippen molar-refractivity contribution in [3.8, 4) is 0 Å². The van der Waals surface area contributed by atoms with Gasteiger partial charge in [-0.25, -0.2) is 0 Å². The zero-order valence-electron chi connectivity index (χ0n) is 23.5. The number of hydrogen-bond donors (Lipinski definition) is 0. The Morgan fingerprint density at radius 3 is 0.738 bits per heavy atom. The van der Waals surface area contributed by atoms with Crippen molar-refractivity contribution in [3.63, 3.8) is 0 Å². The molecule has 6 aromatic carbocycles. The topological polar surface area (TPSA) is 0 Å². The zero-order valence-corrected chi connectivity index (χ0v) is 27.1. The number of rotatable bonds is 6. The largest absolute Gasteiger partial charge is 0.167 e. The smallest absolute Gasteiger partial charge is 0.0622 e. The average molecular weight is 615 g/mol. The van der Waals surface area contributed by atoms with E-state index in [2.05, 4.69) is 182 Å². The maximum atomic E-state index is 2.46. The lowest BCUT2D eigenvalue weighted by molar-refractivity contribution is 1.49. The Balaban J connectivity index is 1.63. The van der Waals surface area contributed by atoms with E-state index in [-0.39, 0.29) is 0 Å². The van der Waals surface area contributed by atoms with Crippen molar-refractivity contribution in [2.24, 2.45) is 0 Å². The van der Waals surface area contributed by atoms with Crippen molar-refractivity contribution in [1.29, 1.82) is 0 Å². The molecule has 1 saturated heterocycles. The first kappa shape index (κ1) is 27.8. The first-order valence-corrected chi connectivity index (χ1v) is 23.3. The van der Waals surface area contributed by atoms with E-state index in [1.807, 2.05) is 0 Å². The predicted octanol–water partition coefficient (Wildman–Crippen LogP) is 8.70. The van der Waals surface area contributed by atoms with Gasteiger partial charge in [0, 0.05) is 10.6 Å². The van der Waals surface area contributed by atoms with E-state index >= 15 is 0 Å². The van der Waals surface area contributed by atoms with Crippen LogP contribution in [0.1, 0.15) is 0 Å². The molecule has 0 radical (unpaired) electrons. The standard InChI is InChI=1S/C38H34P4/c1-7-19-33(20-8-1)39-40(34-21-9-2-10-22-34)42(37-27-15-5-16-28-37,38-29-17-6-18-30-38)32-31-41(39,35-23-11-3-12-24-35)36-25-13-4-14-26-36/h1-30H,31-32H2/q+2. The SMILES string of the molecule is c1ccc(P2P(c3ccccc3)[P+](c3ccccc3)(c3ccccc3)CC[P+]2(c2ccccc2)c2ccccc2)cc1. The summed E-state index contributed by atoms with van der Waals surface area (Å²) in [4.78, 5) is 0. The summed E-state index contributed by atoms with van der Waals surface area (Å²) in [5.41, 5.74) is 0. The second kappa shape index (κ2) is 12.3. The molecule has 0 aliphatic carbocycles. The highest BCUT2D eigenvalue weighted by molar-refractivity contribution is 8.89. The fourth-order valence-corrected chi connectivity index (χ4v) is 50.7. The molecule has 1 aliphatic heterocycles. The van der Waals surface area contributed by atoms with Gasteiger partial charge >= 0.3 is 0 Å². The molecule has 2 atom stereocenters. The third kappa shape index (κ3) is 4.81. The van der Waals surface area contributed by atoms with Crippen LogP contribution in [0.2, 0.25) is 0 Å². The molecule has 1 fully saturated rings. The van der Waals surface area contributed by atoms with E-state index in [0.717, 1.165) is 0 Å². The van der Waals surface area contributed by atoms with Crippen LogP contribution in [0.5, 0.6) is 0 Å². The van der Waals surface area contributed by atoms with E-state index in [1.165, 1.54) is 12.3 Å². The van der Waals surface area contributed by atoms with Crippen LogP contribution >= 0.6 is 28.5 Å². The van der Waals surface area contributed by atoms with Gasteiger partial charge in [0.15, 0.2) is 14.6 Å². The molecule has 0 spiro atoms. The minimum Gasteiger partial charge on any atom is -0.0622 e. The van der Waals surface area contributed by atoms with Crippen LogP contribution in [0.25, 0.3) is 0 Å². The minimum atomic E-state index is -1.85. The minimum absolute atomic E-state index is 0.617. The van der Waals surface area contributed by atoms with Crippen LogP contribution in [0.15, 0.2) is 182 Å². The quantitative estimate of drug-likeness (QED) is 0.165. The molecule has 0 N–H and O–H groups in total. The van der Waals surface area contributed by atoms with E-state index in [4.69, 9.17) is 0 Å². The Bertz CT molecular complexity index is 1500. The molecule has 42 heavy (non-hydrogen) atoms. The molecule has 0 saturated carbocycles. The van der Waals surface area contributed by atoms with Crippen molar-refractivity contribution in [1.82, 2.24) is 0 Å². The molecule has 0 nitrogen and oxygen atoms in total. The highest BCUT2D eigenvalue weighted by Crippen LogP contribution is 3.08. The molecule has 1 aliphatic rings. The summed E-state index contributed by atoms with van der Waals surface area (Å²) in [6.45, 7) is -3.70. The summed E-state index contributed by atoms with van der Waals surface area (Å²) >= 11 is 0. The molecule has 0 amide bonds. The van der Waals surface area contributed by atoms with Gasteiger partial charge in [-0.1, -0.05) is 133 Å². The van der Waals surface area contributed by atoms with E-state index in [9.17, 15) is 0 Å². The first-order valence-electron chi connectivity index (χ1n) is 14.5. The van der Waals surface area contributed by atoms with Gasteiger partial charge in [0.05, 0.1) is 0 Å². The maximum absolute atomic E-state index is 2.46. The van der Waals surface area contributed by atoms with Crippen LogP contribution in [0.4, 0.5) is 0 Å². The van der Waals surface area contributed by atoms with Crippen molar-refractivity contribution in [2.75, 3.05) is 12.3 Å². The fraction of sp³-hybridized carbons (Fsp3) is 0.0526. The molecule has 4 heteroatoms. The highest BCUT2D eigenvalue weighted by Gasteiger charge is 2.70. The van der Waals surface area contributed by atoms with Gasteiger partial charge < -0.3 is 0 Å². The first-order chi connectivity index (χ1) is 20.8. The second-order valence-corrected chi connectivity index (χ2v) is 29.6. The lowest BCUT2D eigenvalue weighted by Crippen LogP contribution is -2.36. The Hall–Kier alpha value is -2.96.